The van der Waals surface area contributed by atoms with E-state index >= 15 is 0 Å². The molecule has 3 heteroatoms. The van der Waals surface area contributed by atoms with Crippen LogP contribution >= 0.6 is 15.9 Å². The highest BCUT2D eigenvalue weighted by Crippen LogP contribution is 2.25. The van der Waals surface area contributed by atoms with Crippen molar-refractivity contribution >= 4 is 33.6 Å². The normalized spacial score (nSPS) is 12.2. The van der Waals surface area contributed by atoms with Gasteiger partial charge in [0, 0.05) is 15.6 Å². The molecule has 3 aromatic carbocycles. The number of hydrogen-bond acceptors (Lipinski definition) is 2. The van der Waals surface area contributed by atoms with Gasteiger partial charge in [0.25, 0.3) is 0 Å². The first-order valence-corrected chi connectivity index (χ1v) is 9.98. The van der Waals surface area contributed by atoms with Crippen LogP contribution in [0.15, 0.2) is 95.5 Å². The van der Waals surface area contributed by atoms with Crippen LogP contribution in [0.25, 0.3) is 6.08 Å². The smallest absolute Gasteiger partial charge is 0.174 e. The third kappa shape index (κ3) is 4.93. The molecule has 1 unspecified atom stereocenters. The topological polar surface area (TPSA) is 34.1 Å². The minimum Gasteiger partial charge on any atom is -0.293 e. The van der Waals surface area contributed by atoms with Crippen molar-refractivity contribution in [3.05, 3.63) is 112 Å². The lowest BCUT2D eigenvalue weighted by Crippen LogP contribution is -2.29. The number of carbonyl (C=O) groups excluding carboxylic acids is 2. The van der Waals surface area contributed by atoms with Gasteiger partial charge in [0.05, 0.1) is 5.92 Å². The molecular weight excluding hydrogens is 412 g/mol. The lowest BCUT2D eigenvalue weighted by atomic mass is 9.81. The van der Waals surface area contributed by atoms with E-state index in [1.165, 1.54) is 0 Å². The first-order valence-electron chi connectivity index (χ1n) is 9.18. The second-order valence-electron chi connectivity index (χ2n) is 6.71. The molecule has 1 atom stereocenters. The zero-order chi connectivity index (χ0) is 19.9. The quantitative estimate of drug-likeness (QED) is 0.316. The van der Waals surface area contributed by atoms with Crippen molar-refractivity contribution in [3.63, 3.8) is 0 Å². The molecule has 0 saturated heterocycles. The molecule has 0 bridgehead atoms. The second kappa shape index (κ2) is 9.43. The Morgan fingerprint density at radius 1 is 0.750 bits per heavy atom. The average Bonchev–Trinajstić information content (AvgIpc) is 2.74. The number of benzene rings is 3. The van der Waals surface area contributed by atoms with Crippen LogP contribution in [0.1, 0.15) is 33.2 Å². The van der Waals surface area contributed by atoms with Gasteiger partial charge in [-0.2, -0.15) is 0 Å². The number of Topliss-reactive ketones (excluding diaryl/α,β-unsaturated/α-hetero) is 2. The van der Waals surface area contributed by atoms with Crippen LogP contribution in [0.2, 0.25) is 0 Å². The summed E-state index contributed by atoms with van der Waals surface area (Å²) in [5.41, 5.74) is 2.13. The molecule has 2 nitrogen and oxygen atoms in total. The lowest BCUT2D eigenvalue weighted by Gasteiger charge is -2.19. The van der Waals surface area contributed by atoms with Crippen molar-refractivity contribution in [3.8, 4) is 0 Å². The van der Waals surface area contributed by atoms with Gasteiger partial charge >= 0.3 is 0 Å². The Bertz CT molecular complexity index is 909. The molecule has 3 rings (SSSR count). The van der Waals surface area contributed by atoms with Gasteiger partial charge in [-0.25, -0.2) is 0 Å². The van der Waals surface area contributed by atoms with Crippen LogP contribution in [0.3, 0.4) is 0 Å². The van der Waals surface area contributed by atoms with E-state index in [1.807, 2.05) is 79.7 Å². The van der Waals surface area contributed by atoms with E-state index < -0.39 is 5.92 Å². The Hall–Kier alpha value is -2.78. The van der Waals surface area contributed by atoms with E-state index in [0.29, 0.717) is 11.1 Å². The molecule has 0 fully saturated rings. The van der Waals surface area contributed by atoms with Gasteiger partial charge in [0.2, 0.25) is 0 Å². The van der Waals surface area contributed by atoms with Gasteiger partial charge in [-0.1, -0.05) is 108 Å². The predicted octanol–water partition coefficient (Wildman–Crippen LogP) is 6.48. The molecule has 28 heavy (non-hydrogen) atoms. The van der Waals surface area contributed by atoms with Crippen molar-refractivity contribution in [1.82, 2.24) is 0 Å². The van der Waals surface area contributed by atoms with Gasteiger partial charge in [-0.05, 0) is 23.6 Å². The number of halogens is 1. The van der Waals surface area contributed by atoms with Gasteiger partial charge in [0.1, 0.15) is 0 Å². The second-order valence-corrected chi connectivity index (χ2v) is 7.62. The van der Waals surface area contributed by atoms with Gasteiger partial charge in [-0.15, -0.1) is 0 Å². The first kappa shape index (κ1) is 20.0. The van der Waals surface area contributed by atoms with Crippen LogP contribution in [-0.4, -0.2) is 11.6 Å². The zero-order valence-corrected chi connectivity index (χ0v) is 17.2. The summed E-state index contributed by atoms with van der Waals surface area (Å²) in [5.74, 6) is -1.31. The van der Waals surface area contributed by atoms with E-state index in [-0.39, 0.29) is 17.5 Å². The maximum Gasteiger partial charge on any atom is 0.174 e. The summed E-state index contributed by atoms with van der Waals surface area (Å²) in [7, 11) is 0. The van der Waals surface area contributed by atoms with Crippen molar-refractivity contribution < 1.29 is 9.59 Å². The van der Waals surface area contributed by atoms with Crippen LogP contribution in [0.5, 0.6) is 0 Å². The summed E-state index contributed by atoms with van der Waals surface area (Å²) in [6.45, 7) is 1.92. The standard InChI is InChI=1S/C25H21BrO2/c1-18(12-13-19-14-16-22(26)17-15-19)23(24(27)20-8-4-2-5-9-20)25(28)21-10-6-3-7-11-21/h2-18,23H,1H3/b13-12+. The summed E-state index contributed by atoms with van der Waals surface area (Å²) < 4.78 is 1.01. The zero-order valence-electron chi connectivity index (χ0n) is 15.6. The van der Waals surface area contributed by atoms with Crippen molar-refractivity contribution in [2.45, 2.75) is 6.92 Å². The molecule has 0 aromatic heterocycles. The van der Waals surface area contributed by atoms with Crippen LogP contribution < -0.4 is 0 Å². The molecular formula is C25H21BrO2. The molecule has 0 aliphatic rings. The van der Waals surface area contributed by atoms with Gasteiger partial charge in [-0.3, -0.25) is 9.59 Å². The Morgan fingerprint density at radius 3 is 1.68 bits per heavy atom. The summed E-state index contributed by atoms with van der Waals surface area (Å²) >= 11 is 3.43. The molecule has 0 aliphatic carbocycles. The van der Waals surface area contributed by atoms with Crippen LogP contribution in [-0.2, 0) is 0 Å². The third-order valence-electron chi connectivity index (χ3n) is 4.67. The van der Waals surface area contributed by atoms with E-state index in [9.17, 15) is 9.59 Å². The molecule has 0 spiro atoms. The highest BCUT2D eigenvalue weighted by molar-refractivity contribution is 9.10. The third-order valence-corrected chi connectivity index (χ3v) is 5.20. The summed E-state index contributed by atoms with van der Waals surface area (Å²) in [6, 6.07) is 26.0. The molecule has 140 valence electrons. The maximum absolute atomic E-state index is 13.2. The van der Waals surface area contributed by atoms with E-state index in [4.69, 9.17) is 0 Å². The molecule has 0 amide bonds. The molecule has 0 N–H and O–H groups in total. The lowest BCUT2D eigenvalue weighted by molar-refractivity contribution is 0.0778. The molecule has 0 aliphatic heterocycles. The fraction of sp³-hybridized carbons (Fsp3) is 0.120. The Labute approximate surface area is 174 Å². The van der Waals surface area contributed by atoms with E-state index in [1.54, 1.807) is 24.3 Å². The average molecular weight is 433 g/mol. The number of carbonyl (C=O) groups is 2. The fourth-order valence-corrected chi connectivity index (χ4v) is 3.37. The molecule has 0 heterocycles. The maximum atomic E-state index is 13.2. The summed E-state index contributed by atoms with van der Waals surface area (Å²) in [4.78, 5) is 26.4. The van der Waals surface area contributed by atoms with Crippen molar-refractivity contribution in [2.75, 3.05) is 0 Å². The molecule has 3 aromatic rings. The summed E-state index contributed by atoms with van der Waals surface area (Å²) in [5, 5.41) is 0. The molecule has 0 radical (unpaired) electrons. The van der Waals surface area contributed by atoms with Crippen molar-refractivity contribution in [2.24, 2.45) is 11.8 Å². The largest absolute Gasteiger partial charge is 0.293 e. The number of ketones is 2. The Morgan fingerprint density at radius 2 is 1.21 bits per heavy atom. The van der Waals surface area contributed by atoms with Gasteiger partial charge < -0.3 is 0 Å². The highest BCUT2D eigenvalue weighted by atomic mass is 79.9. The number of hydrogen-bond donors (Lipinski definition) is 0. The molecule has 0 saturated carbocycles. The number of rotatable bonds is 7. The van der Waals surface area contributed by atoms with Crippen LogP contribution in [0.4, 0.5) is 0 Å². The van der Waals surface area contributed by atoms with Crippen molar-refractivity contribution in [1.29, 1.82) is 0 Å². The fourth-order valence-electron chi connectivity index (χ4n) is 3.11. The minimum atomic E-state index is -0.767. The van der Waals surface area contributed by atoms with E-state index in [0.717, 1.165) is 10.0 Å². The Kier molecular flexibility index (Phi) is 6.72. The number of allylic oxidation sites excluding steroid dienone is 1. The SMILES string of the molecule is CC(/C=C/c1ccc(Br)cc1)C(C(=O)c1ccccc1)C(=O)c1ccccc1. The van der Waals surface area contributed by atoms with Crippen LogP contribution in [0, 0.1) is 11.8 Å². The predicted molar refractivity (Wildman–Crippen MR) is 117 cm³/mol. The Balaban J connectivity index is 1.91. The summed E-state index contributed by atoms with van der Waals surface area (Å²) in [6.07, 6.45) is 3.90. The minimum absolute atomic E-state index is 0.151. The van der Waals surface area contributed by atoms with E-state index in [2.05, 4.69) is 15.9 Å². The monoisotopic (exact) mass is 432 g/mol. The van der Waals surface area contributed by atoms with Gasteiger partial charge in [0.15, 0.2) is 11.6 Å². The first-order chi connectivity index (χ1) is 13.6. The highest BCUT2D eigenvalue weighted by Gasteiger charge is 2.32.